The minimum absolute atomic E-state index is 0.0610. The molecule has 0 aliphatic heterocycles. The lowest BCUT2D eigenvalue weighted by Gasteiger charge is -2.26. The monoisotopic (exact) mass is 346 g/mol. The molecule has 6 nitrogen and oxygen atoms in total. The smallest absolute Gasteiger partial charge is 0.317 e. The Kier molecular flexibility index (Phi) is 5.63. The number of carbonyl (C=O) groups excluding carboxylic acids is 1. The van der Waals surface area contributed by atoms with Gasteiger partial charge in [0.2, 0.25) is 0 Å². The fourth-order valence-electron chi connectivity index (χ4n) is 2.97. The van der Waals surface area contributed by atoms with E-state index in [1.54, 1.807) is 24.1 Å². The normalized spacial score (nSPS) is 15.1. The Balaban J connectivity index is 1.49. The number of hydrogen-bond donors (Lipinski definition) is 1. The highest BCUT2D eigenvalue weighted by Crippen LogP contribution is 2.18. The Morgan fingerprint density at radius 3 is 2.72 bits per heavy atom. The van der Waals surface area contributed by atoms with Crippen LogP contribution in [0.2, 0.25) is 0 Å². The molecule has 2 aromatic rings. The van der Waals surface area contributed by atoms with Crippen molar-refractivity contribution < 1.29 is 13.7 Å². The van der Waals surface area contributed by atoms with Crippen molar-refractivity contribution in [2.75, 3.05) is 13.6 Å². The molecule has 1 heterocycles. The summed E-state index contributed by atoms with van der Waals surface area (Å²) in [5.41, 5.74) is 0.670. The van der Waals surface area contributed by atoms with Gasteiger partial charge in [-0.15, -0.1) is 0 Å². The van der Waals surface area contributed by atoms with Crippen molar-refractivity contribution in [2.45, 2.75) is 44.6 Å². The number of hydrogen-bond acceptors (Lipinski definition) is 4. The predicted molar refractivity (Wildman–Crippen MR) is 91.4 cm³/mol. The number of benzene rings is 1. The van der Waals surface area contributed by atoms with E-state index in [4.69, 9.17) is 4.52 Å². The van der Waals surface area contributed by atoms with E-state index in [9.17, 15) is 9.18 Å². The summed E-state index contributed by atoms with van der Waals surface area (Å²) in [5, 5.41) is 7.00. The zero-order valence-corrected chi connectivity index (χ0v) is 14.4. The van der Waals surface area contributed by atoms with Crippen molar-refractivity contribution in [2.24, 2.45) is 0 Å². The predicted octanol–water partition coefficient (Wildman–Crippen LogP) is 3.39. The zero-order valence-electron chi connectivity index (χ0n) is 14.4. The maximum atomic E-state index is 13.0. The van der Waals surface area contributed by atoms with Gasteiger partial charge in [-0.1, -0.05) is 24.4 Å². The number of nitrogens with one attached hydrogen (secondary N) is 1. The van der Waals surface area contributed by atoms with E-state index in [1.807, 2.05) is 0 Å². The van der Waals surface area contributed by atoms with Crippen LogP contribution in [0.1, 0.15) is 37.9 Å². The second-order valence-electron chi connectivity index (χ2n) is 6.48. The van der Waals surface area contributed by atoms with E-state index < -0.39 is 0 Å². The van der Waals surface area contributed by atoms with Gasteiger partial charge in [0.15, 0.2) is 5.82 Å². The summed E-state index contributed by atoms with van der Waals surface area (Å²) in [7, 11) is 1.76. The summed E-state index contributed by atoms with van der Waals surface area (Å²) >= 11 is 0. The third kappa shape index (κ3) is 4.78. The molecule has 1 aliphatic carbocycles. The number of nitrogens with zero attached hydrogens (tertiary/aromatic N) is 3. The first-order valence-electron chi connectivity index (χ1n) is 8.72. The Labute approximate surface area is 146 Å². The molecule has 7 heteroatoms. The molecule has 2 amide bonds. The average molecular weight is 346 g/mol. The number of likely N-dealkylation sites (N-methyl/N-ethyl adjacent to an activating group) is 1. The summed E-state index contributed by atoms with van der Waals surface area (Å²) in [5.74, 6) is 0.565. The Hall–Kier alpha value is -2.44. The van der Waals surface area contributed by atoms with Crippen LogP contribution in [0.3, 0.4) is 0 Å². The first-order valence-corrected chi connectivity index (χ1v) is 8.72. The average Bonchev–Trinajstić information content (AvgIpc) is 3.10. The van der Waals surface area contributed by atoms with Gasteiger partial charge in [-0.3, -0.25) is 0 Å². The van der Waals surface area contributed by atoms with Crippen molar-refractivity contribution >= 4 is 6.03 Å². The molecule has 0 saturated heterocycles. The molecule has 1 aliphatic rings. The van der Waals surface area contributed by atoms with Crippen LogP contribution >= 0.6 is 0 Å². The van der Waals surface area contributed by atoms with Crippen LogP contribution in [0.15, 0.2) is 28.8 Å². The van der Waals surface area contributed by atoms with Gasteiger partial charge in [-0.05, 0) is 37.1 Å². The molecule has 1 fully saturated rings. The van der Waals surface area contributed by atoms with Crippen molar-refractivity contribution in [1.29, 1.82) is 0 Å². The molecule has 0 unspecified atom stereocenters. The highest BCUT2D eigenvalue weighted by atomic mass is 19.1. The van der Waals surface area contributed by atoms with Gasteiger partial charge in [0, 0.05) is 31.6 Å². The second-order valence-corrected chi connectivity index (χ2v) is 6.48. The number of halogens is 1. The standard InChI is InChI=1S/C18H23FN4O2/c1-23(18(24)20-15-5-3-2-4-6-15)12-11-16-21-17(25-22-16)13-7-9-14(19)10-8-13/h7-10,15H,2-6,11-12H2,1H3,(H,20,24). The molecule has 0 spiro atoms. The first kappa shape index (κ1) is 17.4. The quantitative estimate of drug-likeness (QED) is 0.901. The van der Waals surface area contributed by atoms with Gasteiger partial charge in [-0.2, -0.15) is 4.98 Å². The summed E-state index contributed by atoms with van der Waals surface area (Å²) in [4.78, 5) is 18.1. The highest BCUT2D eigenvalue weighted by molar-refractivity contribution is 5.74. The number of aromatic nitrogens is 2. The van der Waals surface area contributed by atoms with Crippen molar-refractivity contribution in [3.63, 3.8) is 0 Å². The van der Waals surface area contributed by atoms with Crippen molar-refractivity contribution in [1.82, 2.24) is 20.4 Å². The van der Waals surface area contributed by atoms with Crippen LogP contribution in [0.5, 0.6) is 0 Å². The van der Waals surface area contributed by atoms with Gasteiger partial charge in [0.25, 0.3) is 5.89 Å². The summed E-state index contributed by atoms with van der Waals surface area (Å²) < 4.78 is 18.2. The van der Waals surface area contributed by atoms with Gasteiger partial charge < -0.3 is 14.7 Å². The number of urea groups is 1. The fourth-order valence-corrected chi connectivity index (χ4v) is 2.97. The van der Waals surface area contributed by atoms with E-state index in [2.05, 4.69) is 15.5 Å². The van der Waals surface area contributed by atoms with Crippen LogP contribution in [0.25, 0.3) is 11.5 Å². The molecular weight excluding hydrogens is 323 g/mol. The highest BCUT2D eigenvalue weighted by Gasteiger charge is 2.18. The van der Waals surface area contributed by atoms with Gasteiger partial charge >= 0.3 is 6.03 Å². The Morgan fingerprint density at radius 1 is 1.28 bits per heavy atom. The van der Waals surface area contributed by atoms with E-state index in [1.165, 1.54) is 31.4 Å². The maximum absolute atomic E-state index is 13.0. The van der Waals surface area contributed by atoms with Gasteiger partial charge in [0.05, 0.1) is 0 Å². The van der Waals surface area contributed by atoms with Gasteiger partial charge in [-0.25, -0.2) is 9.18 Å². The third-order valence-electron chi connectivity index (χ3n) is 4.51. The van der Waals surface area contributed by atoms with Crippen LogP contribution in [0, 0.1) is 5.82 Å². The topological polar surface area (TPSA) is 71.3 Å². The number of amides is 2. The van der Waals surface area contributed by atoms with E-state index in [0.717, 1.165) is 12.8 Å². The molecule has 1 aromatic carbocycles. The van der Waals surface area contributed by atoms with Crippen molar-refractivity contribution in [3.8, 4) is 11.5 Å². The lowest BCUT2D eigenvalue weighted by Crippen LogP contribution is -2.44. The Bertz CT molecular complexity index is 695. The molecule has 0 bridgehead atoms. The van der Waals surface area contributed by atoms with E-state index in [-0.39, 0.29) is 11.8 Å². The van der Waals surface area contributed by atoms with Crippen LogP contribution in [-0.4, -0.2) is 40.7 Å². The molecule has 134 valence electrons. The number of rotatable bonds is 5. The third-order valence-corrected chi connectivity index (χ3v) is 4.51. The summed E-state index contributed by atoms with van der Waals surface area (Å²) in [6.45, 7) is 0.501. The minimum atomic E-state index is -0.311. The van der Waals surface area contributed by atoms with E-state index >= 15 is 0 Å². The molecule has 1 saturated carbocycles. The lowest BCUT2D eigenvalue weighted by molar-refractivity contribution is 0.200. The largest absolute Gasteiger partial charge is 0.335 e. The molecule has 3 rings (SSSR count). The molecular formula is C18H23FN4O2. The molecule has 0 radical (unpaired) electrons. The van der Waals surface area contributed by atoms with Crippen molar-refractivity contribution in [3.05, 3.63) is 35.9 Å². The Morgan fingerprint density at radius 2 is 2.00 bits per heavy atom. The first-order chi connectivity index (χ1) is 12.1. The van der Waals surface area contributed by atoms with Gasteiger partial charge in [0.1, 0.15) is 5.82 Å². The minimum Gasteiger partial charge on any atom is -0.335 e. The molecule has 0 atom stereocenters. The SMILES string of the molecule is CN(CCc1noc(-c2ccc(F)cc2)n1)C(=O)NC1CCCCC1. The second kappa shape index (κ2) is 8.09. The van der Waals surface area contributed by atoms with Crippen LogP contribution < -0.4 is 5.32 Å². The van der Waals surface area contributed by atoms with Crippen LogP contribution in [-0.2, 0) is 6.42 Å². The lowest BCUT2D eigenvalue weighted by atomic mass is 9.96. The fraction of sp³-hybridized carbons (Fsp3) is 0.500. The molecule has 1 aromatic heterocycles. The maximum Gasteiger partial charge on any atom is 0.317 e. The number of carbonyl (C=O) groups is 1. The molecule has 25 heavy (non-hydrogen) atoms. The molecule has 1 N–H and O–H groups in total. The van der Waals surface area contributed by atoms with E-state index in [0.29, 0.717) is 36.3 Å². The summed E-state index contributed by atoms with van der Waals surface area (Å²) in [6.07, 6.45) is 6.25. The van der Waals surface area contributed by atoms with Crippen LogP contribution in [0.4, 0.5) is 9.18 Å². The summed E-state index contributed by atoms with van der Waals surface area (Å²) in [6, 6.07) is 6.12. The zero-order chi connectivity index (χ0) is 17.6.